The van der Waals surface area contributed by atoms with Crippen LogP contribution in [0.4, 0.5) is 4.39 Å². The molecule has 2 N–H and O–H groups in total. The Balaban J connectivity index is 1.81. The van der Waals surface area contributed by atoms with Gasteiger partial charge in [0.15, 0.2) is 0 Å². The van der Waals surface area contributed by atoms with Crippen molar-refractivity contribution in [2.45, 2.75) is 37.3 Å². The summed E-state index contributed by atoms with van der Waals surface area (Å²) in [4.78, 5) is 0. The Labute approximate surface area is 113 Å². The molecule has 0 bridgehead atoms. The van der Waals surface area contributed by atoms with E-state index in [4.69, 9.17) is 9.84 Å². The molecule has 1 saturated carbocycles. The first kappa shape index (κ1) is 14.4. The molecule has 1 unspecified atom stereocenters. The normalized spacial score (nSPS) is 23.9. The van der Waals surface area contributed by atoms with Gasteiger partial charge in [0.1, 0.15) is 5.82 Å². The molecule has 0 amide bonds. The van der Waals surface area contributed by atoms with E-state index >= 15 is 0 Å². The molecule has 1 aliphatic rings. The number of aliphatic hydroxyl groups is 1. The van der Waals surface area contributed by atoms with Crippen molar-refractivity contribution in [3.8, 4) is 0 Å². The van der Waals surface area contributed by atoms with E-state index in [0.29, 0.717) is 25.0 Å². The minimum Gasteiger partial charge on any atom is -0.396 e. The van der Waals surface area contributed by atoms with Gasteiger partial charge in [-0.05, 0) is 36.8 Å². The van der Waals surface area contributed by atoms with E-state index in [1.54, 1.807) is 13.2 Å². The molecule has 0 saturated heterocycles. The van der Waals surface area contributed by atoms with Crippen LogP contribution in [0.5, 0.6) is 0 Å². The molecule has 3 nitrogen and oxygen atoms in total. The third-order valence-corrected chi connectivity index (χ3v) is 3.80. The van der Waals surface area contributed by atoms with E-state index < -0.39 is 0 Å². The van der Waals surface area contributed by atoms with Crippen LogP contribution in [0, 0.1) is 5.82 Å². The molecule has 1 aliphatic carbocycles. The minimum absolute atomic E-state index is 0.102. The first-order chi connectivity index (χ1) is 9.24. The van der Waals surface area contributed by atoms with Gasteiger partial charge in [0.05, 0.1) is 6.61 Å². The Morgan fingerprint density at radius 2 is 2.16 bits per heavy atom. The molecule has 1 aromatic carbocycles. The summed E-state index contributed by atoms with van der Waals surface area (Å²) in [6, 6.07) is 7.59. The number of rotatable bonds is 7. The van der Waals surface area contributed by atoms with Crippen molar-refractivity contribution in [3.05, 3.63) is 35.6 Å². The molecule has 106 valence electrons. The van der Waals surface area contributed by atoms with Gasteiger partial charge in [-0.25, -0.2) is 4.39 Å². The molecule has 1 atom stereocenters. The van der Waals surface area contributed by atoms with Gasteiger partial charge in [0, 0.05) is 25.8 Å². The minimum atomic E-state index is -0.102. The van der Waals surface area contributed by atoms with Gasteiger partial charge in [-0.1, -0.05) is 18.2 Å². The van der Waals surface area contributed by atoms with E-state index in [1.807, 2.05) is 12.1 Å². The van der Waals surface area contributed by atoms with Crippen molar-refractivity contribution < 1.29 is 14.2 Å². The molecule has 0 spiro atoms. The molecular weight excluding hydrogens is 245 g/mol. The van der Waals surface area contributed by atoms with Crippen molar-refractivity contribution in [2.24, 2.45) is 0 Å². The van der Waals surface area contributed by atoms with Gasteiger partial charge in [-0.3, -0.25) is 0 Å². The zero-order valence-corrected chi connectivity index (χ0v) is 11.3. The van der Waals surface area contributed by atoms with Crippen LogP contribution in [-0.2, 0) is 4.74 Å². The largest absolute Gasteiger partial charge is 0.396 e. The zero-order chi connectivity index (χ0) is 13.7. The van der Waals surface area contributed by atoms with Crippen LogP contribution in [0.1, 0.15) is 30.7 Å². The third kappa shape index (κ3) is 3.75. The van der Waals surface area contributed by atoms with Crippen molar-refractivity contribution in [1.82, 2.24) is 5.32 Å². The highest BCUT2D eigenvalue weighted by atomic mass is 19.1. The monoisotopic (exact) mass is 267 g/mol. The summed E-state index contributed by atoms with van der Waals surface area (Å²) in [5.41, 5.74) is 0.825. The zero-order valence-electron chi connectivity index (χ0n) is 11.3. The summed E-state index contributed by atoms with van der Waals surface area (Å²) < 4.78 is 18.7. The van der Waals surface area contributed by atoms with Crippen LogP contribution in [-0.4, -0.2) is 37.5 Å². The average molecular weight is 267 g/mol. The maximum atomic E-state index is 13.6. The van der Waals surface area contributed by atoms with Gasteiger partial charge < -0.3 is 15.2 Å². The summed E-state index contributed by atoms with van der Waals surface area (Å²) in [6.45, 7) is 0.756. The quantitative estimate of drug-likeness (QED) is 0.794. The van der Waals surface area contributed by atoms with Crippen molar-refractivity contribution >= 4 is 0 Å². The Kier molecular flexibility index (Phi) is 5.31. The van der Waals surface area contributed by atoms with Gasteiger partial charge in [-0.15, -0.1) is 0 Å². The molecule has 4 heteroatoms. The molecule has 2 rings (SSSR count). The van der Waals surface area contributed by atoms with Gasteiger partial charge in [0.25, 0.3) is 0 Å². The fraction of sp³-hybridized carbons (Fsp3) is 0.600. The average Bonchev–Trinajstić information content (AvgIpc) is 2.35. The lowest BCUT2D eigenvalue weighted by Crippen LogP contribution is -2.47. The predicted octanol–water partition coefficient (Wildman–Crippen LogP) is 2.06. The second kappa shape index (κ2) is 6.98. The number of hydrogen-bond acceptors (Lipinski definition) is 3. The molecule has 0 radical (unpaired) electrons. The maximum Gasteiger partial charge on any atom is 0.126 e. The highest BCUT2D eigenvalue weighted by Gasteiger charge is 2.32. The van der Waals surface area contributed by atoms with Crippen LogP contribution < -0.4 is 5.32 Å². The van der Waals surface area contributed by atoms with Crippen molar-refractivity contribution in [3.63, 3.8) is 0 Å². The van der Waals surface area contributed by atoms with E-state index in [2.05, 4.69) is 5.32 Å². The Hall–Kier alpha value is -0.970. The fourth-order valence-corrected chi connectivity index (χ4v) is 2.72. The first-order valence-corrected chi connectivity index (χ1v) is 6.84. The molecule has 19 heavy (non-hydrogen) atoms. The summed E-state index contributed by atoms with van der Waals surface area (Å²) in [7, 11) is 1.66. The first-order valence-electron chi connectivity index (χ1n) is 6.84. The highest BCUT2D eigenvalue weighted by Crippen LogP contribution is 2.38. The van der Waals surface area contributed by atoms with E-state index in [0.717, 1.165) is 18.4 Å². The number of ether oxygens (including phenoxy) is 1. The van der Waals surface area contributed by atoms with E-state index in [9.17, 15) is 4.39 Å². The Morgan fingerprint density at radius 3 is 2.79 bits per heavy atom. The van der Waals surface area contributed by atoms with E-state index in [1.165, 1.54) is 6.07 Å². The van der Waals surface area contributed by atoms with Crippen LogP contribution in [0.25, 0.3) is 0 Å². The van der Waals surface area contributed by atoms with Crippen LogP contribution in [0.2, 0.25) is 0 Å². The molecular formula is C15H22FNO2. The molecule has 1 fully saturated rings. The number of aliphatic hydroxyl groups excluding tert-OH is 1. The number of nitrogens with one attached hydrogen (secondary N) is 1. The predicted molar refractivity (Wildman–Crippen MR) is 72.7 cm³/mol. The van der Waals surface area contributed by atoms with Gasteiger partial charge >= 0.3 is 0 Å². The SMILES string of the molecule is COCC(CCO)NC1CC(c2ccccc2F)C1. The lowest BCUT2D eigenvalue weighted by molar-refractivity contribution is 0.129. The second-order valence-electron chi connectivity index (χ2n) is 5.22. The molecule has 1 aromatic rings. The van der Waals surface area contributed by atoms with E-state index in [-0.39, 0.29) is 18.5 Å². The van der Waals surface area contributed by atoms with Crippen LogP contribution in [0.15, 0.2) is 24.3 Å². The summed E-state index contributed by atoms with van der Waals surface area (Å²) in [6.07, 6.45) is 2.59. The fourth-order valence-electron chi connectivity index (χ4n) is 2.72. The van der Waals surface area contributed by atoms with Crippen LogP contribution in [0.3, 0.4) is 0 Å². The number of benzene rings is 1. The lowest BCUT2D eigenvalue weighted by Gasteiger charge is -2.38. The standard InChI is InChI=1S/C15H22FNO2/c1-19-10-12(6-7-18)17-13-8-11(9-13)14-4-2-3-5-15(14)16/h2-5,11-13,17-18H,6-10H2,1H3. The smallest absolute Gasteiger partial charge is 0.126 e. The summed E-state index contributed by atoms with van der Waals surface area (Å²) in [5.74, 6) is 0.214. The van der Waals surface area contributed by atoms with Crippen molar-refractivity contribution in [1.29, 1.82) is 0 Å². The second-order valence-corrected chi connectivity index (χ2v) is 5.22. The molecule has 0 heterocycles. The van der Waals surface area contributed by atoms with Gasteiger partial charge in [-0.2, -0.15) is 0 Å². The third-order valence-electron chi connectivity index (χ3n) is 3.80. The van der Waals surface area contributed by atoms with Gasteiger partial charge in [0.2, 0.25) is 0 Å². The topological polar surface area (TPSA) is 41.5 Å². The number of hydrogen-bond donors (Lipinski definition) is 2. The van der Waals surface area contributed by atoms with Crippen LogP contribution >= 0.6 is 0 Å². The maximum absolute atomic E-state index is 13.6. The van der Waals surface area contributed by atoms with Crippen molar-refractivity contribution in [2.75, 3.05) is 20.3 Å². The molecule has 0 aromatic heterocycles. The number of methoxy groups -OCH3 is 1. The Bertz CT molecular complexity index is 387. The molecule has 0 aliphatic heterocycles. The number of halogens is 1. The highest BCUT2D eigenvalue weighted by molar-refractivity contribution is 5.24. The summed E-state index contributed by atoms with van der Waals surface area (Å²) >= 11 is 0. The Morgan fingerprint density at radius 1 is 1.42 bits per heavy atom. The lowest BCUT2D eigenvalue weighted by atomic mass is 9.75. The summed E-state index contributed by atoms with van der Waals surface area (Å²) in [5, 5.41) is 12.5.